The SMILES string of the molecule is CC1(C)c2cc3ccccc3cc2-c2c(/C=C/C(NC(N)c3ccccc3)c3ccc(C#N)cc3)cccc21. The van der Waals surface area contributed by atoms with Crippen molar-refractivity contribution in [1.29, 1.82) is 5.26 Å². The Hall–Kier alpha value is -4.49. The molecule has 0 saturated carbocycles. The van der Waals surface area contributed by atoms with Crippen molar-refractivity contribution in [2.75, 3.05) is 0 Å². The van der Waals surface area contributed by atoms with Crippen LogP contribution in [0.2, 0.25) is 0 Å². The summed E-state index contributed by atoms with van der Waals surface area (Å²) in [5, 5.41) is 15.4. The minimum absolute atomic E-state index is 0.0843. The molecule has 3 N–H and O–H groups in total. The van der Waals surface area contributed by atoms with Gasteiger partial charge in [-0.2, -0.15) is 5.26 Å². The Kier molecular flexibility index (Phi) is 6.37. The van der Waals surface area contributed by atoms with E-state index in [-0.39, 0.29) is 17.6 Å². The zero-order valence-corrected chi connectivity index (χ0v) is 22.2. The van der Waals surface area contributed by atoms with Gasteiger partial charge in [-0.05, 0) is 74.0 Å². The molecule has 39 heavy (non-hydrogen) atoms. The summed E-state index contributed by atoms with van der Waals surface area (Å²) in [5.41, 5.74) is 15.7. The summed E-state index contributed by atoms with van der Waals surface area (Å²) < 4.78 is 0. The third-order valence-corrected chi connectivity index (χ3v) is 7.98. The van der Waals surface area contributed by atoms with E-state index >= 15 is 0 Å². The van der Waals surface area contributed by atoms with Crippen LogP contribution in [0.5, 0.6) is 0 Å². The second-order valence-corrected chi connectivity index (χ2v) is 10.8. The third-order valence-electron chi connectivity index (χ3n) is 7.98. The summed E-state index contributed by atoms with van der Waals surface area (Å²) in [6, 6.07) is 39.7. The van der Waals surface area contributed by atoms with Crippen molar-refractivity contribution in [1.82, 2.24) is 5.32 Å². The van der Waals surface area contributed by atoms with Crippen molar-refractivity contribution < 1.29 is 0 Å². The van der Waals surface area contributed by atoms with E-state index in [9.17, 15) is 5.26 Å². The summed E-state index contributed by atoms with van der Waals surface area (Å²) in [6.07, 6.45) is 4.06. The lowest BCUT2D eigenvalue weighted by molar-refractivity contribution is 0.509. The number of hydrogen-bond donors (Lipinski definition) is 2. The molecule has 3 heteroatoms. The van der Waals surface area contributed by atoms with E-state index in [4.69, 9.17) is 5.73 Å². The first kappa shape index (κ1) is 24.8. The molecule has 3 nitrogen and oxygen atoms in total. The van der Waals surface area contributed by atoms with Crippen molar-refractivity contribution in [2.24, 2.45) is 5.73 Å². The van der Waals surface area contributed by atoms with E-state index < -0.39 is 0 Å². The van der Waals surface area contributed by atoms with E-state index in [1.165, 1.54) is 38.6 Å². The van der Waals surface area contributed by atoms with Crippen LogP contribution in [0.1, 0.15) is 59.4 Å². The molecule has 0 radical (unpaired) electrons. The average molecular weight is 506 g/mol. The van der Waals surface area contributed by atoms with Gasteiger partial charge in [0.25, 0.3) is 0 Å². The van der Waals surface area contributed by atoms with Gasteiger partial charge in [-0.1, -0.05) is 111 Å². The maximum atomic E-state index is 9.29. The largest absolute Gasteiger partial charge is 0.312 e. The summed E-state index contributed by atoms with van der Waals surface area (Å²) in [4.78, 5) is 0. The van der Waals surface area contributed by atoms with Crippen LogP contribution in [0.4, 0.5) is 0 Å². The van der Waals surface area contributed by atoms with Gasteiger partial charge in [-0.15, -0.1) is 0 Å². The summed E-state index contributed by atoms with van der Waals surface area (Å²) in [7, 11) is 0. The topological polar surface area (TPSA) is 61.8 Å². The highest BCUT2D eigenvalue weighted by Gasteiger charge is 2.36. The molecule has 0 fully saturated rings. The van der Waals surface area contributed by atoms with Crippen molar-refractivity contribution in [3.8, 4) is 17.2 Å². The van der Waals surface area contributed by atoms with Crippen LogP contribution in [0.15, 0.2) is 115 Å². The van der Waals surface area contributed by atoms with E-state index in [0.29, 0.717) is 5.56 Å². The number of nitrogens with zero attached hydrogens (tertiary/aromatic N) is 1. The van der Waals surface area contributed by atoms with Crippen LogP contribution in [0.3, 0.4) is 0 Å². The summed E-state index contributed by atoms with van der Waals surface area (Å²) in [5.74, 6) is 0. The molecular formula is C36H31N3. The standard InChI is InChI=1S/C36H31N3/c1-36(2)31-14-8-13-26(34(31)30-21-28-11-6-7-12-29(28)22-32(30)36)19-20-33(25-17-15-24(23-37)16-18-25)39-35(38)27-9-4-3-5-10-27/h3-22,33,35,39H,38H2,1-2H3/b20-19+. The average Bonchev–Trinajstić information content (AvgIpc) is 3.20. The Labute approximate surface area is 230 Å². The number of nitrogens with two attached hydrogens (primary N) is 1. The molecule has 1 aliphatic rings. The molecule has 6 rings (SSSR count). The molecule has 5 aromatic carbocycles. The molecular weight excluding hydrogens is 474 g/mol. The van der Waals surface area contributed by atoms with Gasteiger partial charge in [0, 0.05) is 5.41 Å². The van der Waals surface area contributed by atoms with Crippen LogP contribution in [-0.4, -0.2) is 0 Å². The molecule has 5 aromatic rings. The molecule has 0 bridgehead atoms. The van der Waals surface area contributed by atoms with Crippen molar-refractivity contribution in [3.05, 3.63) is 149 Å². The normalized spacial score (nSPS) is 15.0. The predicted molar refractivity (Wildman–Crippen MR) is 161 cm³/mol. The predicted octanol–water partition coefficient (Wildman–Crippen LogP) is 8.02. The fourth-order valence-electron chi connectivity index (χ4n) is 5.82. The van der Waals surface area contributed by atoms with E-state index in [2.05, 4.69) is 92.0 Å². The van der Waals surface area contributed by atoms with Gasteiger partial charge in [0.2, 0.25) is 0 Å². The molecule has 0 aliphatic heterocycles. The Bertz CT molecular complexity index is 1720. The minimum Gasteiger partial charge on any atom is -0.312 e. The number of benzene rings is 5. The highest BCUT2D eigenvalue weighted by Crippen LogP contribution is 2.51. The van der Waals surface area contributed by atoms with Crippen LogP contribution >= 0.6 is 0 Å². The maximum Gasteiger partial charge on any atom is 0.0991 e. The molecule has 190 valence electrons. The lowest BCUT2D eigenvalue weighted by atomic mass is 9.81. The number of hydrogen-bond acceptors (Lipinski definition) is 3. The van der Waals surface area contributed by atoms with Crippen molar-refractivity contribution in [2.45, 2.75) is 31.5 Å². The lowest BCUT2D eigenvalue weighted by Gasteiger charge is -2.22. The van der Waals surface area contributed by atoms with Crippen molar-refractivity contribution >= 4 is 16.8 Å². The van der Waals surface area contributed by atoms with Gasteiger partial charge in [-0.25, -0.2) is 0 Å². The highest BCUT2D eigenvalue weighted by molar-refractivity contribution is 5.95. The fourth-order valence-corrected chi connectivity index (χ4v) is 5.82. The Morgan fingerprint density at radius 3 is 2.18 bits per heavy atom. The second kappa shape index (κ2) is 10.0. The first-order valence-electron chi connectivity index (χ1n) is 13.4. The van der Waals surface area contributed by atoms with E-state index in [1.807, 2.05) is 54.6 Å². The van der Waals surface area contributed by atoms with Gasteiger partial charge in [0.15, 0.2) is 0 Å². The van der Waals surface area contributed by atoms with Gasteiger partial charge in [0.1, 0.15) is 0 Å². The summed E-state index contributed by atoms with van der Waals surface area (Å²) >= 11 is 0. The summed E-state index contributed by atoms with van der Waals surface area (Å²) in [6.45, 7) is 4.64. The number of fused-ring (bicyclic) bond motifs is 4. The number of nitrogens with one attached hydrogen (secondary N) is 1. The van der Waals surface area contributed by atoms with Gasteiger partial charge in [-0.3, -0.25) is 5.32 Å². The van der Waals surface area contributed by atoms with Gasteiger partial charge < -0.3 is 5.73 Å². The first-order valence-corrected chi connectivity index (χ1v) is 13.4. The fraction of sp³-hybridized carbons (Fsp3) is 0.139. The van der Waals surface area contributed by atoms with Gasteiger partial charge in [0.05, 0.1) is 23.8 Å². The highest BCUT2D eigenvalue weighted by atomic mass is 15.0. The van der Waals surface area contributed by atoms with Gasteiger partial charge >= 0.3 is 0 Å². The molecule has 0 heterocycles. The molecule has 0 amide bonds. The van der Waals surface area contributed by atoms with Crippen molar-refractivity contribution in [3.63, 3.8) is 0 Å². The molecule has 0 aromatic heterocycles. The van der Waals surface area contributed by atoms with Crippen LogP contribution < -0.4 is 11.1 Å². The van der Waals surface area contributed by atoms with E-state index in [1.54, 1.807) is 0 Å². The Balaban J connectivity index is 1.42. The zero-order chi connectivity index (χ0) is 27.0. The van der Waals surface area contributed by atoms with Crippen LogP contribution in [0, 0.1) is 11.3 Å². The number of rotatable bonds is 6. The Morgan fingerprint density at radius 1 is 0.769 bits per heavy atom. The van der Waals surface area contributed by atoms with Crippen LogP contribution in [-0.2, 0) is 5.41 Å². The number of nitriles is 1. The Morgan fingerprint density at radius 2 is 1.46 bits per heavy atom. The minimum atomic E-state index is -0.344. The van der Waals surface area contributed by atoms with E-state index in [0.717, 1.165) is 11.1 Å². The lowest BCUT2D eigenvalue weighted by Crippen LogP contribution is -2.31. The second-order valence-electron chi connectivity index (χ2n) is 10.8. The third kappa shape index (κ3) is 4.55. The molecule has 2 atom stereocenters. The monoisotopic (exact) mass is 505 g/mol. The first-order chi connectivity index (χ1) is 19.0. The molecule has 1 aliphatic carbocycles. The zero-order valence-electron chi connectivity index (χ0n) is 22.2. The maximum absolute atomic E-state index is 9.29. The molecule has 0 spiro atoms. The molecule has 2 unspecified atom stereocenters. The molecule has 0 saturated heterocycles. The quantitative estimate of drug-likeness (QED) is 0.230. The van der Waals surface area contributed by atoms with Crippen LogP contribution in [0.25, 0.3) is 28.0 Å². The smallest absolute Gasteiger partial charge is 0.0991 e.